The Bertz CT molecular complexity index is 1560. The van der Waals surface area contributed by atoms with Gasteiger partial charge in [0, 0.05) is 11.1 Å². The fourth-order valence-corrected chi connectivity index (χ4v) is 5.40. The number of benzene rings is 3. The van der Waals surface area contributed by atoms with E-state index in [1.807, 2.05) is 13.8 Å². The maximum atomic E-state index is 15.2. The van der Waals surface area contributed by atoms with Crippen LogP contribution in [0.5, 0.6) is 11.5 Å². The molecule has 1 fully saturated rings. The van der Waals surface area contributed by atoms with Gasteiger partial charge in [-0.2, -0.15) is 0 Å². The van der Waals surface area contributed by atoms with Crippen LogP contribution in [0.2, 0.25) is 0 Å². The molecule has 0 saturated carbocycles. The molecule has 1 unspecified atom stereocenters. The first-order chi connectivity index (χ1) is 18.4. The van der Waals surface area contributed by atoms with E-state index in [9.17, 15) is 14.7 Å². The second kappa shape index (κ2) is 10.6. The Kier molecular flexibility index (Phi) is 7.11. The van der Waals surface area contributed by atoms with Crippen molar-refractivity contribution in [1.29, 1.82) is 0 Å². The zero-order valence-electron chi connectivity index (χ0n) is 20.8. The number of fused-ring (bicyclic) bond motifs is 1. The first-order valence-electron chi connectivity index (χ1n) is 12.2. The number of aliphatic hydroxyl groups excluding tert-OH is 1. The molecule has 0 spiro atoms. The average Bonchev–Trinajstić information content (AvgIpc) is 3.45. The minimum absolute atomic E-state index is 0.0703. The topological polar surface area (TPSA) is 89.0 Å². The molecule has 1 amide bonds. The van der Waals surface area contributed by atoms with E-state index < -0.39 is 29.3 Å². The second-order valence-electron chi connectivity index (χ2n) is 8.63. The predicted octanol–water partition coefficient (Wildman–Crippen LogP) is 6.25. The summed E-state index contributed by atoms with van der Waals surface area (Å²) in [5.74, 6) is -1.71. The van der Waals surface area contributed by atoms with Gasteiger partial charge in [-0.25, -0.2) is 9.37 Å². The molecule has 1 aliphatic rings. The number of carbonyl (C=O) groups excluding carboxylic acids is 2. The number of aromatic nitrogens is 1. The summed E-state index contributed by atoms with van der Waals surface area (Å²) in [6.07, 6.45) is 0.794. The monoisotopic (exact) mass is 532 g/mol. The molecular formula is C29H25FN2O5S. The number of hydrogen-bond donors (Lipinski definition) is 1. The molecule has 5 rings (SSSR count). The SMILES string of the molecule is CCCOc1cccc(/C(O)=C2\C(=O)C(=O)N(c3nc4ccc(OCC)cc4s3)C2c2ccccc2F)c1. The maximum absolute atomic E-state index is 15.2. The number of rotatable bonds is 8. The lowest BCUT2D eigenvalue weighted by molar-refractivity contribution is -0.132. The van der Waals surface area contributed by atoms with Gasteiger partial charge < -0.3 is 14.6 Å². The van der Waals surface area contributed by atoms with Crippen LogP contribution < -0.4 is 14.4 Å². The van der Waals surface area contributed by atoms with E-state index in [0.717, 1.165) is 16.0 Å². The lowest BCUT2D eigenvalue weighted by Crippen LogP contribution is -2.29. The molecule has 0 radical (unpaired) electrons. The van der Waals surface area contributed by atoms with E-state index in [1.54, 1.807) is 48.5 Å². The highest BCUT2D eigenvalue weighted by Crippen LogP contribution is 2.45. The molecule has 1 aromatic heterocycles. The van der Waals surface area contributed by atoms with Crippen LogP contribution in [-0.2, 0) is 9.59 Å². The number of halogens is 1. The minimum Gasteiger partial charge on any atom is -0.507 e. The molecule has 3 aromatic carbocycles. The van der Waals surface area contributed by atoms with Crippen molar-refractivity contribution in [3.63, 3.8) is 0 Å². The number of hydrogen-bond acceptors (Lipinski definition) is 7. The number of aliphatic hydroxyl groups is 1. The quantitative estimate of drug-likeness (QED) is 0.164. The van der Waals surface area contributed by atoms with Crippen LogP contribution in [0.15, 0.2) is 72.3 Å². The van der Waals surface area contributed by atoms with E-state index in [-0.39, 0.29) is 21.8 Å². The summed E-state index contributed by atoms with van der Waals surface area (Å²) in [4.78, 5) is 32.6. The number of thiazole rings is 1. The van der Waals surface area contributed by atoms with Crippen molar-refractivity contribution < 1.29 is 28.6 Å². The van der Waals surface area contributed by atoms with Crippen molar-refractivity contribution in [2.24, 2.45) is 0 Å². The zero-order chi connectivity index (χ0) is 26.8. The number of amides is 1. The average molecular weight is 533 g/mol. The second-order valence-corrected chi connectivity index (χ2v) is 9.63. The van der Waals surface area contributed by atoms with Crippen molar-refractivity contribution in [2.45, 2.75) is 26.3 Å². The van der Waals surface area contributed by atoms with Crippen LogP contribution in [0.4, 0.5) is 9.52 Å². The van der Waals surface area contributed by atoms with Gasteiger partial charge in [0.25, 0.3) is 5.78 Å². The van der Waals surface area contributed by atoms with Crippen molar-refractivity contribution in [3.8, 4) is 11.5 Å². The third kappa shape index (κ3) is 4.61. The molecule has 1 N–H and O–H groups in total. The predicted molar refractivity (Wildman–Crippen MR) is 144 cm³/mol. The van der Waals surface area contributed by atoms with Crippen molar-refractivity contribution in [1.82, 2.24) is 4.98 Å². The Morgan fingerprint density at radius 3 is 2.58 bits per heavy atom. The van der Waals surface area contributed by atoms with Gasteiger partial charge in [0.15, 0.2) is 5.13 Å². The fourth-order valence-electron chi connectivity index (χ4n) is 4.38. The third-order valence-corrected chi connectivity index (χ3v) is 7.11. The van der Waals surface area contributed by atoms with E-state index in [0.29, 0.717) is 30.2 Å². The molecule has 9 heteroatoms. The molecule has 7 nitrogen and oxygen atoms in total. The van der Waals surface area contributed by atoms with Crippen LogP contribution >= 0.6 is 11.3 Å². The number of ketones is 1. The lowest BCUT2D eigenvalue weighted by Gasteiger charge is -2.23. The van der Waals surface area contributed by atoms with Crippen LogP contribution in [0, 0.1) is 5.82 Å². The van der Waals surface area contributed by atoms with Gasteiger partial charge in [-0.05, 0) is 49.7 Å². The van der Waals surface area contributed by atoms with Gasteiger partial charge in [0.2, 0.25) is 0 Å². The molecule has 1 saturated heterocycles. The molecule has 0 bridgehead atoms. The van der Waals surface area contributed by atoms with Crippen LogP contribution in [-0.4, -0.2) is 35.0 Å². The van der Waals surface area contributed by atoms with Crippen molar-refractivity contribution in [3.05, 3.63) is 89.2 Å². The summed E-state index contributed by atoms with van der Waals surface area (Å²) in [5.41, 5.74) is 0.731. The van der Waals surface area contributed by atoms with Gasteiger partial charge in [-0.3, -0.25) is 14.5 Å². The Morgan fingerprint density at radius 1 is 1.03 bits per heavy atom. The van der Waals surface area contributed by atoms with Crippen molar-refractivity contribution in [2.75, 3.05) is 18.1 Å². The first kappa shape index (κ1) is 25.4. The molecule has 2 heterocycles. The molecular weight excluding hydrogens is 507 g/mol. The Balaban J connectivity index is 1.67. The van der Waals surface area contributed by atoms with Gasteiger partial charge in [-0.15, -0.1) is 0 Å². The number of anilines is 1. The highest BCUT2D eigenvalue weighted by atomic mass is 32.1. The number of nitrogens with zero attached hydrogens (tertiary/aromatic N) is 2. The first-order valence-corrected chi connectivity index (χ1v) is 13.1. The number of Topliss-reactive ketones (excluding diaryl/α,β-unsaturated/α-hetero) is 1. The molecule has 4 aromatic rings. The highest BCUT2D eigenvalue weighted by Gasteiger charge is 2.49. The van der Waals surface area contributed by atoms with Gasteiger partial charge in [0.1, 0.15) is 29.1 Å². The van der Waals surface area contributed by atoms with E-state index in [1.165, 1.54) is 29.5 Å². The molecule has 0 aliphatic carbocycles. The van der Waals surface area contributed by atoms with Gasteiger partial charge in [-0.1, -0.05) is 48.6 Å². The zero-order valence-corrected chi connectivity index (χ0v) is 21.6. The maximum Gasteiger partial charge on any atom is 0.301 e. The number of ether oxygens (including phenoxy) is 2. The Labute approximate surface area is 222 Å². The molecule has 1 atom stereocenters. The fraction of sp³-hybridized carbons (Fsp3) is 0.207. The van der Waals surface area contributed by atoms with E-state index in [4.69, 9.17) is 9.47 Å². The summed E-state index contributed by atoms with van der Waals surface area (Å²) in [6, 6.07) is 16.6. The molecule has 38 heavy (non-hydrogen) atoms. The van der Waals surface area contributed by atoms with Gasteiger partial charge >= 0.3 is 5.91 Å². The van der Waals surface area contributed by atoms with Crippen LogP contribution in [0.25, 0.3) is 16.0 Å². The van der Waals surface area contributed by atoms with Crippen LogP contribution in [0.3, 0.4) is 0 Å². The van der Waals surface area contributed by atoms with E-state index in [2.05, 4.69) is 4.98 Å². The lowest BCUT2D eigenvalue weighted by atomic mass is 9.95. The summed E-state index contributed by atoms with van der Waals surface area (Å²) >= 11 is 1.18. The smallest absolute Gasteiger partial charge is 0.301 e. The standard InChI is InChI=1S/C29H25FN2O5S/c1-3-14-37-18-9-7-8-17(15-18)26(33)24-25(20-10-5-6-11-21(20)30)32(28(35)27(24)34)29-31-22-13-12-19(36-4-2)16-23(22)38-29/h5-13,15-16,25,33H,3-4,14H2,1-2H3/b26-24+. The van der Waals surface area contributed by atoms with E-state index >= 15 is 4.39 Å². The largest absolute Gasteiger partial charge is 0.507 e. The molecule has 194 valence electrons. The summed E-state index contributed by atoms with van der Waals surface area (Å²) in [6.45, 7) is 4.82. The summed E-state index contributed by atoms with van der Waals surface area (Å²) in [5, 5.41) is 11.6. The Hall–Kier alpha value is -4.24. The third-order valence-electron chi connectivity index (χ3n) is 6.09. The molecule has 1 aliphatic heterocycles. The minimum atomic E-state index is -1.22. The highest BCUT2D eigenvalue weighted by molar-refractivity contribution is 7.22. The summed E-state index contributed by atoms with van der Waals surface area (Å²) < 4.78 is 27.1. The van der Waals surface area contributed by atoms with Gasteiger partial charge in [0.05, 0.1) is 29.0 Å². The normalized spacial score (nSPS) is 16.8. The number of carbonyl (C=O) groups is 2. The Morgan fingerprint density at radius 2 is 1.82 bits per heavy atom. The van der Waals surface area contributed by atoms with Crippen LogP contribution in [0.1, 0.15) is 37.4 Å². The summed E-state index contributed by atoms with van der Waals surface area (Å²) in [7, 11) is 0. The van der Waals surface area contributed by atoms with Crippen molar-refractivity contribution >= 4 is 44.1 Å².